The van der Waals surface area contributed by atoms with Gasteiger partial charge in [-0.2, -0.15) is 0 Å². The molecule has 0 aromatic heterocycles. The maximum atomic E-state index is 11.1. The number of hydrogen-bond acceptors (Lipinski definition) is 3. The third-order valence-corrected chi connectivity index (χ3v) is 3.78. The molecule has 0 aliphatic carbocycles. The molecule has 2 aromatic carbocycles. The molecule has 0 saturated carbocycles. The molecule has 0 aliphatic heterocycles. The van der Waals surface area contributed by atoms with Crippen LogP contribution in [0.15, 0.2) is 46.9 Å². The van der Waals surface area contributed by atoms with Crippen LogP contribution in [0.1, 0.15) is 11.1 Å². The number of nitro benzene ring substituents is 1. The lowest BCUT2D eigenvalue weighted by molar-refractivity contribution is -0.872. The second-order valence-electron chi connectivity index (χ2n) is 5.42. The van der Waals surface area contributed by atoms with Gasteiger partial charge in [0.25, 0.3) is 5.69 Å². The van der Waals surface area contributed by atoms with Gasteiger partial charge in [-0.1, -0.05) is 40.2 Å². The Labute approximate surface area is 138 Å². The number of nitro groups is 1. The van der Waals surface area contributed by atoms with Crippen LogP contribution in [-0.2, 0) is 13.1 Å². The lowest BCUT2D eigenvalue weighted by atomic mass is 10.1. The number of hydrogen-bond donors (Lipinski definition) is 2. The minimum atomic E-state index is -0.372. The fourth-order valence-corrected chi connectivity index (χ4v) is 2.63. The molecule has 0 bridgehead atoms. The van der Waals surface area contributed by atoms with Crippen molar-refractivity contribution < 1.29 is 9.82 Å². The van der Waals surface area contributed by atoms with E-state index in [0.717, 1.165) is 12.1 Å². The summed E-state index contributed by atoms with van der Waals surface area (Å²) in [5.41, 5.74) is 3.00. The van der Waals surface area contributed by atoms with Crippen molar-refractivity contribution in [3.8, 4) is 0 Å². The van der Waals surface area contributed by atoms with E-state index in [1.807, 2.05) is 12.1 Å². The van der Waals surface area contributed by atoms with E-state index in [2.05, 4.69) is 47.5 Å². The number of rotatable bonds is 6. The lowest BCUT2D eigenvalue weighted by Crippen LogP contribution is -3.04. The second-order valence-corrected chi connectivity index (χ2v) is 6.34. The first-order valence-electron chi connectivity index (χ1n) is 7.01. The first kappa shape index (κ1) is 16.5. The third kappa shape index (κ3) is 4.29. The van der Waals surface area contributed by atoms with Crippen molar-refractivity contribution in [3.05, 3.63) is 68.2 Å². The second kappa shape index (κ2) is 7.38. The largest absolute Gasteiger partial charge is 0.375 e. The first-order chi connectivity index (χ1) is 10.5. The lowest BCUT2D eigenvalue weighted by Gasteiger charge is -2.13. The molecule has 0 spiro atoms. The Balaban J connectivity index is 2.19. The van der Waals surface area contributed by atoms with Crippen molar-refractivity contribution in [2.75, 3.05) is 19.4 Å². The van der Waals surface area contributed by atoms with Gasteiger partial charge in [0.2, 0.25) is 0 Å². The zero-order valence-corrected chi connectivity index (χ0v) is 14.2. The zero-order chi connectivity index (χ0) is 16.1. The smallest absolute Gasteiger partial charge is 0.293 e. The van der Waals surface area contributed by atoms with Crippen molar-refractivity contribution in [2.24, 2.45) is 0 Å². The Hall–Kier alpha value is -1.92. The SMILES string of the molecule is C[NH+](C)Cc1ccccc1CNc1ccc(Br)cc1[N+](=O)[O-]. The van der Waals surface area contributed by atoms with Gasteiger partial charge in [-0.15, -0.1) is 0 Å². The quantitative estimate of drug-likeness (QED) is 0.611. The summed E-state index contributed by atoms with van der Waals surface area (Å²) in [7, 11) is 4.20. The van der Waals surface area contributed by atoms with E-state index in [0.29, 0.717) is 16.7 Å². The van der Waals surface area contributed by atoms with Crippen LogP contribution in [0.2, 0.25) is 0 Å². The highest BCUT2D eigenvalue weighted by Gasteiger charge is 2.14. The van der Waals surface area contributed by atoms with Gasteiger partial charge in [0.05, 0.1) is 19.0 Å². The summed E-state index contributed by atoms with van der Waals surface area (Å²) in [6.07, 6.45) is 0. The van der Waals surface area contributed by atoms with Crippen LogP contribution >= 0.6 is 15.9 Å². The summed E-state index contributed by atoms with van der Waals surface area (Å²) >= 11 is 3.26. The molecule has 5 nitrogen and oxygen atoms in total. The van der Waals surface area contributed by atoms with Gasteiger partial charge in [-0.05, 0) is 17.7 Å². The minimum Gasteiger partial charge on any atom is -0.375 e. The summed E-state index contributed by atoms with van der Waals surface area (Å²) in [4.78, 5) is 12.1. The minimum absolute atomic E-state index is 0.0742. The van der Waals surface area contributed by atoms with Gasteiger partial charge < -0.3 is 10.2 Å². The molecule has 0 atom stereocenters. The van der Waals surface area contributed by atoms with Crippen molar-refractivity contribution >= 4 is 27.3 Å². The Bertz CT molecular complexity index is 674. The normalized spacial score (nSPS) is 10.7. The fourth-order valence-electron chi connectivity index (χ4n) is 2.28. The molecule has 0 radical (unpaired) electrons. The number of nitrogens with zero attached hydrogens (tertiary/aromatic N) is 1. The van der Waals surface area contributed by atoms with Crippen molar-refractivity contribution in [3.63, 3.8) is 0 Å². The Morgan fingerprint density at radius 1 is 1.18 bits per heavy atom. The highest BCUT2D eigenvalue weighted by molar-refractivity contribution is 9.10. The molecule has 0 amide bonds. The Morgan fingerprint density at radius 3 is 2.50 bits per heavy atom. The first-order valence-corrected chi connectivity index (χ1v) is 7.80. The van der Waals surface area contributed by atoms with Gasteiger partial charge in [0.15, 0.2) is 0 Å². The molecule has 2 rings (SSSR count). The average Bonchev–Trinajstić information content (AvgIpc) is 2.46. The summed E-state index contributed by atoms with van der Waals surface area (Å²) in [6, 6.07) is 13.2. The molecule has 0 unspecified atom stereocenters. The summed E-state index contributed by atoms with van der Waals surface area (Å²) < 4.78 is 0.696. The van der Waals surface area contributed by atoms with Crippen LogP contribution in [0.25, 0.3) is 0 Å². The topological polar surface area (TPSA) is 59.6 Å². The number of anilines is 1. The molecule has 6 heteroatoms. The number of nitrogens with one attached hydrogen (secondary N) is 2. The summed E-state index contributed by atoms with van der Waals surface area (Å²) in [6.45, 7) is 1.48. The van der Waals surface area contributed by atoms with Crippen LogP contribution < -0.4 is 10.2 Å². The number of quaternary nitrogens is 1. The van der Waals surface area contributed by atoms with Gasteiger partial charge in [0.1, 0.15) is 12.2 Å². The summed E-state index contributed by atoms with van der Waals surface area (Å²) in [5, 5.41) is 14.3. The highest BCUT2D eigenvalue weighted by atomic mass is 79.9. The maximum absolute atomic E-state index is 11.1. The molecular formula is C16H19BrN3O2+. The van der Waals surface area contributed by atoms with Crippen molar-refractivity contribution in [1.82, 2.24) is 0 Å². The molecule has 0 heterocycles. The molecule has 116 valence electrons. The molecule has 2 aromatic rings. The molecule has 0 saturated heterocycles. The maximum Gasteiger partial charge on any atom is 0.293 e. The summed E-state index contributed by atoms with van der Waals surface area (Å²) in [5.74, 6) is 0. The zero-order valence-electron chi connectivity index (χ0n) is 12.6. The molecular weight excluding hydrogens is 346 g/mol. The van der Waals surface area contributed by atoms with E-state index in [9.17, 15) is 10.1 Å². The Kier molecular flexibility index (Phi) is 5.51. The van der Waals surface area contributed by atoms with Gasteiger partial charge >= 0.3 is 0 Å². The fraction of sp³-hybridized carbons (Fsp3) is 0.250. The van der Waals surface area contributed by atoms with Crippen LogP contribution in [0.5, 0.6) is 0 Å². The van der Waals surface area contributed by atoms with Crippen LogP contribution in [0.4, 0.5) is 11.4 Å². The molecule has 0 fully saturated rings. The van der Waals surface area contributed by atoms with Crippen LogP contribution in [0.3, 0.4) is 0 Å². The van der Waals surface area contributed by atoms with E-state index in [4.69, 9.17) is 0 Å². The Morgan fingerprint density at radius 2 is 1.86 bits per heavy atom. The van der Waals surface area contributed by atoms with Crippen LogP contribution in [-0.4, -0.2) is 19.0 Å². The number of halogens is 1. The van der Waals surface area contributed by atoms with Gasteiger partial charge in [-0.3, -0.25) is 10.1 Å². The van der Waals surface area contributed by atoms with E-state index >= 15 is 0 Å². The predicted molar refractivity (Wildman–Crippen MR) is 91.1 cm³/mol. The highest BCUT2D eigenvalue weighted by Crippen LogP contribution is 2.28. The van der Waals surface area contributed by atoms with Crippen molar-refractivity contribution in [1.29, 1.82) is 0 Å². The molecule has 2 N–H and O–H groups in total. The third-order valence-electron chi connectivity index (χ3n) is 3.29. The van der Waals surface area contributed by atoms with E-state index in [1.54, 1.807) is 12.1 Å². The predicted octanol–water partition coefficient (Wildman–Crippen LogP) is 2.61. The molecule has 22 heavy (non-hydrogen) atoms. The van der Waals surface area contributed by atoms with Gasteiger partial charge in [0, 0.05) is 22.6 Å². The number of benzene rings is 2. The average molecular weight is 365 g/mol. The monoisotopic (exact) mass is 364 g/mol. The van der Waals surface area contributed by atoms with E-state index < -0.39 is 0 Å². The standard InChI is InChI=1S/C16H18BrN3O2/c1-19(2)11-13-6-4-3-5-12(13)10-18-15-8-7-14(17)9-16(15)20(21)22/h3-9,18H,10-11H2,1-2H3/p+1. The van der Waals surface area contributed by atoms with E-state index in [-0.39, 0.29) is 10.6 Å². The molecule has 0 aliphatic rings. The van der Waals surface area contributed by atoms with Crippen molar-refractivity contribution in [2.45, 2.75) is 13.1 Å². The van der Waals surface area contributed by atoms with Crippen LogP contribution in [0, 0.1) is 10.1 Å². The van der Waals surface area contributed by atoms with Gasteiger partial charge in [-0.25, -0.2) is 0 Å². The van der Waals surface area contributed by atoms with E-state index in [1.165, 1.54) is 16.5 Å².